The number of halogens is 2. The maximum Gasteiger partial charge on any atom is 0.308 e. The second kappa shape index (κ2) is 4.33. The Balaban J connectivity index is 2.28. The number of carbonyl (C=O) groups is 2. The monoisotopic (exact) mass is 257 g/mol. The van der Waals surface area contributed by atoms with Crippen LogP contribution in [0.3, 0.4) is 0 Å². The number of amides is 1. The minimum absolute atomic E-state index is 0.0496. The number of hydrogen-bond acceptors (Lipinski definition) is 2. The first-order valence-corrected chi connectivity index (χ1v) is 5.34. The zero-order valence-corrected chi connectivity index (χ0v) is 9.45. The fourth-order valence-corrected chi connectivity index (χ4v) is 2.03. The molecule has 17 heavy (non-hydrogen) atoms. The highest BCUT2D eigenvalue weighted by molar-refractivity contribution is 6.31. The van der Waals surface area contributed by atoms with Crippen LogP contribution in [0.2, 0.25) is 5.02 Å². The third-order valence-electron chi connectivity index (χ3n) is 2.63. The van der Waals surface area contributed by atoms with Crippen LogP contribution in [0.4, 0.5) is 10.1 Å². The van der Waals surface area contributed by atoms with Gasteiger partial charge in [-0.2, -0.15) is 0 Å². The van der Waals surface area contributed by atoms with Crippen LogP contribution in [0.5, 0.6) is 0 Å². The van der Waals surface area contributed by atoms with Crippen LogP contribution in [0, 0.1) is 11.7 Å². The van der Waals surface area contributed by atoms with Gasteiger partial charge in [-0.15, -0.1) is 0 Å². The normalized spacial score (nSPS) is 19.8. The van der Waals surface area contributed by atoms with Crippen LogP contribution in [0.1, 0.15) is 6.42 Å². The van der Waals surface area contributed by atoms with Gasteiger partial charge in [-0.3, -0.25) is 9.59 Å². The molecule has 1 N–H and O–H groups in total. The van der Waals surface area contributed by atoms with Crippen molar-refractivity contribution in [2.45, 2.75) is 6.42 Å². The van der Waals surface area contributed by atoms with Crippen LogP contribution in [0.25, 0.3) is 0 Å². The van der Waals surface area contributed by atoms with E-state index in [1.165, 1.54) is 11.0 Å². The summed E-state index contributed by atoms with van der Waals surface area (Å²) in [6, 6.07) is 3.72. The molecule has 1 fully saturated rings. The Morgan fingerprint density at radius 3 is 2.71 bits per heavy atom. The van der Waals surface area contributed by atoms with E-state index in [0.29, 0.717) is 5.69 Å². The standard InChI is InChI=1S/C11H9ClFNO3/c12-7-2-8(13)4-9(3-7)14-5-6(11(16)17)1-10(14)15/h2-4,6H,1,5H2,(H,16,17). The third kappa shape index (κ3) is 2.39. The summed E-state index contributed by atoms with van der Waals surface area (Å²) in [7, 11) is 0. The molecule has 1 aliphatic heterocycles. The predicted molar refractivity (Wildman–Crippen MR) is 59.5 cm³/mol. The maximum absolute atomic E-state index is 13.1. The maximum atomic E-state index is 13.1. The molecule has 1 saturated heterocycles. The van der Waals surface area contributed by atoms with E-state index in [4.69, 9.17) is 16.7 Å². The molecule has 1 aliphatic rings. The van der Waals surface area contributed by atoms with E-state index < -0.39 is 17.7 Å². The minimum atomic E-state index is -1.02. The first-order chi connectivity index (χ1) is 7.97. The molecule has 0 radical (unpaired) electrons. The van der Waals surface area contributed by atoms with E-state index in [2.05, 4.69) is 0 Å². The van der Waals surface area contributed by atoms with E-state index in [0.717, 1.165) is 12.1 Å². The SMILES string of the molecule is O=C(O)C1CC(=O)N(c2cc(F)cc(Cl)c2)C1. The highest BCUT2D eigenvalue weighted by atomic mass is 35.5. The molecule has 1 atom stereocenters. The van der Waals surface area contributed by atoms with E-state index in [1.807, 2.05) is 0 Å². The molecule has 0 aliphatic carbocycles. The average molecular weight is 258 g/mol. The number of carboxylic acids is 1. The fourth-order valence-electron chi connectivity index (χ4n) is 1.82. The molecule has 0 spiro atoms. The summed E-state index contributed by atoms with van der Waals surface area (Å²) in [5, 5.41) is 9.00. The molecule has 0 saturated carbocycles. The number of carbonyl (C=O) groups excluding carboxylic acids is 1. The highest BCUT2D eigenvalue weighted by Gasteiger charge is 2.35. The molecule has 4 nitrogen and oxygen atoms in total. The van der Waals surface area contributed by atoms with Crippen molar-refractivity contribution in [2.75, 3.05) is 11.4 Å². The summed E-state index contributed by atoms with van der Waals surface area (Å²) < 4.78 is 13.1. The van der Waals surface area contributed by atoms with E-state index in [9.17, 15) is 14.0 Å². The third-order valence-corrected chi connectivity index (χ3v) is 2.85. The number of benzene rings is 1. The van der Waals surface area contributed by atoms with Gasteiger partial charge in [0.05, 0.1) is 5.92 Å². The lowest BCUT2D eigenvalue weighted by Gasteiger charge is -2.16. The van der Waals surface area contributed by atoms with Crippen molar-refractivity contribution in [3.05, 3.63) is 29.0 Å². The number of nitrogens with zero attached hydrogens (tertiary/aromatic N) is 1. The molecular formula is C11H9ClFNO3. The lowest BCUT2D eigenvalue weighted by Crippen LogP contribution is -2.25. The Labute approximate surface area is 102 Å². The summed E-state index contributed by atoms with van der Waals surface area (Å²) >= 11 is 5.68. The first kappa shape index (κ1) is 11.9. The van der Waals surface area contributed by atoms with Gasteiger partial charge in [0.25, 0.3) is 0 Å². The molecule has 90 valence electrons. The van der Waals surface area contributed by atoms with Crippen molar-refractivity contribution >= 4 is 29.2 Å². The molecule has 6 heteroatoms. The van der Waals surface area contributed by atoms with Crippen LogP contribution in [-0.4, -0.2) is 23.5 Å². The molecule has 1 aromatic rings. The topological polar surface area (TPSA) is 57.6 Å². The molecule has 2 rings (SSSR count). The highest BCUT2D eigenvalue weighted by Crippen LogP contribution is 2.28. The van der Waals surface area contributed by atoms with Gasteiger partial charge in [0.15, 0.2) is 0 Å². The van der Waals surface area contributed by atoms with Crippen LogP contribution < -0.4 is 4.90 Å². The van der Waals surface area contributed by atoms with Crippen molar-refractivity contribution in [1.82, 2.24) is 0 Å². The van der Waals surface area contributed by atoms with E-state index in [1.54, 1.807) is 0 Å². The van der Waals surface area contributed by atoms with Gasteiger partial charge in [-0.05, 0) is 18.2 Å². The Kier molecular flexibility index (Phi) is 3.02. The Morgan fingerprint density at radius 2 is 2.18 bits per heavy atom. The summed E-state index contributed by atoms with van der Waals surface area (Å²) in [4.78, 5) is 23.6. The zero-order valence-electron chi connectivity index (χ0n) is 8.69. The molecule has 1 unspecified atom stereocenters. The van der Waals surface area contributed by atoms with E-state index >= 15 is 0 Å². The molecule has 0 aromatic heterocycles. The predicted octanol–water partition coefficient (Wildman–Crippen LogP) is 1.92. The van der Waals surface area contributed by atoms with Crippen molar-refractivity contribution in [3.63, 3.8) is 0 Å². The molecule has 0 bridgehead atoms. The summed E-state index contributed by atoms with van der Waals surface area (Å²) in [6.07, 6.45) is -0.0660. The van der Waals surface area contributed by atoms with E-state index in [-0.39, 0.29) is 23.9 Å². The van der Waals surface area contributed by atoms with Gasteiger partial charge in [-0.25, -0.2) is 4.39 Å². The number of anilines is 1. The largest absolute Gasteiger partial charge is 0.481 e. The Hall–Kier alpha value is -1.62. The van der Waals surface area contributed by atoms with Crippen LogP contribution in [-0.2, 0) is 9.59 Å². The van der Waals surface area contributed by atoms with Gasteiger partial charge in [-0.1, -0.05) is 11.6 Å². The smallest absolute Gasteiger partial charge is 0.308 e. The quantitative estimate of drug-likeness (QED) is 0.881. The summed E-state index contributed by atoms with van der Waals surface area (Å²) in [5.41, 5.74) is 0.295. The summed E-state index contributed by atoms with van der Waals surface area (Å²) in [5.74, 6) is -2.66. The number of rotatable bonds is 2. The Bertz CT molecular complexity index is 471. The fraction of sp³-hybridized carbons (Fsp3) is 0.273. The van der Waals surface area contributed by atoms with Gasteiger partial charge < -0.3 is 10.0 Å². The van der Waals surface area contributed by atoms with Crippen molar-refractivity contribution in [2.24, 2.45) is 5.92 Å². The van der Waals surface area contributed by atoms with Gasteiger partial charge in [0.2, 0.25) is 5.91 Å². The van der Waals surface area contributed by atoms with Gasteiger partial charge in [0.1, 0.15) is 5.82 Å². The van der Waals surface area contributed by atoms with Crippen molar-refractivity contribution < 1.29 is 19.1 Å². The lowest BCUT2D eigenvalue weighted by atomic mass is 10.1. The second-order valence-corrected chi connectivity index (χ2v) is 4.31. The molecule has 1 heterocycles. The lowest BCUT2D eigenvalue weighted by molar-refractivity contribution is -0.141. The first-order valence-electron chi connectivity index (χ1n) is 4.96. The van der Waals surface area contributed by atoms with Crippen molar-refractivity contribution in [1.29, 1.82) is 0 Å². The number of hydrogen-bond donors (Lipinski definition) is 1. The Morgan fingerprint density at radius 1 is 1.47 bits per heavy atom. The average Bonchev–Trinajstić information content (AvgIpc) is 2.59. The van der Waals surface area contributed by atoms with Crippen molar-refractivity contribution in [3.8, 4) is 0 Å². The van der Waals surface area contributed by atoms with Gasteiger partial charge >= 0.3 is 5.97 Å². The molecule has 1 aromatic carbocycles. The minimum Gasteiger partial charge on any atom is -0.481 e. The summed E-state index contributed by atoms with van der Waals surface area (Å²) in [6.45, 7) is 0.0496. The zero-order chi connectivity index (χ0) is 12.6. The number of carboxylic acid groups (broad SMARTS) is 1. The second-order valence-electron chi connectivity index (χ2n) is 3.87. The van der Waals surface area contributed by atoms with Gasteiger partial charge in [0, 0.05) is 23.7 Å². The molecular weight excluding hydrogens is 249 g/mol. The molecule has 1 amide bonds. The van der Waals surface area contributed by atoms with Crippen LogP contribution in [0.15, 0.2) is 18.2 Å². The van der Waals surface area contributed by atoms with Crippen LogP contribution >= 0.6 is 11.6 Å². The number of aliphatic carboxylic acids is 1.